The lowest BCUT2D eigenvalue weighted by Gasteiger charge is -2.49. The molecule has 44 heavy (non-hydrogen) atoms. The number of fused-ring (bicyclic) bond motifs is 2. The number of hydrogen-bond acceptors (Lipinski definition) is 6. The van der Waals surface area contributed by atoms with Crippen molar-refractivity contribution in [2.45, 2.75) is 50.9 Å². The van der Waals surface area contributed by atoms with Crippen molar-refractivity contribution >= 4 is 57.7 Å². The largest absolute Gasteiger partial charge is 0.389 e. The zero-order valence-electron chi connectivity index (χ0n) is 24.5. The highest BCUT2D eigenvalue weighted by Gasteiger charge is 2.43. The van der Waals surface area contributed by atoms with Crippen LogP contribution in [-0.4, -0.2) is 79.7 Å². The predicted octanol–water partition coefficient (Wildman–Crippen LogP) is 5.36. The number of rotatable bonds is 5. The number of aliphatic hydroxyl groups excluding tert-OH is 1. The van der Waals surface area contributed by atoms with Gasteiger partial charge in [-0.3, -0.25) is 4.79 Å². The number of nitrogens with one attached hydrogen (secondary N) is 1. The van der Waals surface area contributed by atoms with E-state index < -0.39 is 11.6 Å². The fraction of sp³-hybridized carbons (Fsp3) is 0.375. The van der Waals surface area contributed by atoms with Crippen LogP contribution in [0.5, 0.6) is 0 Å². The number of halogens is 2. The van der Waals surface area contributed by atoms with E-state index in [4.69, 9.17) is 23.2 Å². The fourth-order valence-electron chi connectivity index (χ4n) is 6.94. The first kappa shape index (κ1) is 28.9. The Labute approximate surface area is 265 Å². The summed E-state index contributed by atoms with van der Waals surface area (Å²) in [6.07, 6.45) is 4.33. The summed E-state index contributed by atoms with van der Waals surface area (Å²) < 4.78 is 1.84. The van der Waals surface area contributed by atoms with Gasteiger partial charge in [-0.15, -0.1) is 0 Å². The highest BCUT2D eigenvalue weighted by molar-refractivity contribution is 6.44. The zero-order chi connectivity index (χ0) is 30.7. The number of aromatic nitrogens is 3. The van der Waals surface area contributed by atoms with Gasteiger partial charge >= 0.3 is 6.03 Å². The van der Waals surface area contributed by atoms with Crippen molar-refractivity contribution in [3.63, 3.8) is 0 Å². The third kappa shape index (κ3) is 4.76. The first-order valence-corrected chi connectivity index (χ1v) is 15.6. The van der Waals surface area contributed by atoms with Crippen LogP contribution in [-0.2, 0) is 16.9 Å². The molecule has 3 aliphatic heterocycles. The van der Waals surface area contributed by atoms with Crippen LogP contribution in [0.15, 0.2) is 55.0 Å². The van der Waals surface area contributed by atoms with E-state index in [-0.39, 0.29) is 24.5 Å². The van der Waals surface area contributed by atoms with Gasteiger partial charge in [-0.05, 0) is 38.8 Å². The van der Waals surface area contributed by atoms with Gasteiger partial charge in [-0.2, -0.15) is 0 Å². The molecule has 0 radical (unpaired) electrons. The number of hydrogen-bond donors (Lipinski definition) is 2. The summed E-state index contributed by atoms with van der Waals surface area (Å²) in [5.74, 6) is 0.652. The lowest BCUT2D eigenvalue weighted by molar-refractivity contribution is -0.133. The fourth-order valence-corrected chi connectivity index (χ4v) is 7.34. The van der Waals surface area contributed by atoms with Crippen molar-refractivity contribution in [2.75, 3.05) is 36.4 Å². The van der Waals surface area contributed by atoms with Crippen molar-refractivity contribution in [2.24, 2.45) is 0 Å². The molecule has 0 spiro atoms. The number of β-amino-alcohol motifs (C(OH)–C–C–N with tert-alkyl or cyclic N) is 1. The topological polar surface area (TPSA) is 107 Å². The summed E-state index contributed by atoms with van der Waals surface area (Å²) in [6.45, 7) is 6.27. The molecule has 228 valence electrons. The second-order valence-electron chi connectivity index (χ2n) is 12.2. The summed E-state index contributed by atoms with van der Waals surface area (Å²) in [6, 6.07) is 13.3. The van der Waals surface area contributed by atoms with Crippen LogP contribution in [0.1, 0.15) is 32.3 Å². The van der Waals surface area contributed by atoms with Crippen LogP contribution in [0.2, 0.25) is 10.0 Å². The quantitative estimate of drug-likeness (QED) is 0.306. The van der Waals surface area contributed by atoms with Crippen LogP contribution in [0, 0.1) is 0 Å². The van der Waals surface area contributed by atoms with Crippen LogP contribution in [0.25, 0.3) is 22.2 Å². The number of piperidine rings is 1. The molecule has 0 atom stereocenters. The van der Waals surface area contributed by atoms with E-state index in [0.717, 1.165) is 27.8 Å². The lowest BCUT2D eigenvalue weighted by atomic mass is 9.86. The van der Waals surface area contributed by atoms with E-state index in [9.17, 15) is 14.7 Å². The molecule has 4 aromatic rings. The van der Waals surface area contributed by atoms with Gasteiger partial charge in [0.25, 0.3) is 0 Å². The number of nitrogens with zero attached hydrogens (tertiary/aromatic N) is 6. The average molecular weight is 635 g/mol. The number of carbonyl (C=O) groups excluding carboxylic acids is 2. The molecule has 2 fully saturated rings. The summed E-state index contributed by atoms with van der Waals surface area (Å²) >= 11 is 13.0. The Morgan fingerprint density at radius 2 is 1.80 bits per heavy atom. The van der Waals surface area contributed by atoms with Gasteiger partial charge in [0.2, 0.25) is 5.91 Å². The van der Waals surface area contributed by atoms with Gasteiger partial charge in [-0.1, -0.05) is 53.5 Å². The van der Waals surface area contributed by atoms with Crippen molar-refractivity contribution < 1.29 is 14.7 Å². The van der Waals surface area contributed by atoms with Crippen molar-refractivity contribution in [1.82, 2.24) is 24.3 Å². The minimum Gasteiger partial charge on any atom is -0.389 e. The highest BCUT2D eigenvalue weighted by Crippen LogP contribution is 2.42. The highest BCUT2D eigenvalue weighted by atomic mass is 35.5. The lowest BCUT2D eigenvalue weighted by Crippen LogP contribution is -2.58. The van der Waals surface area contributed by atoms with Crippen LogP contribution < -0.4 is 10.2 Å². The molecule has 0 bridgehead atoms. The molecule has 0 aliphatic carbocycles. The predicted molar refractivity (Wildman–Crippen MR) is 171 cm³/mol. The molecule has 10 nitrogen and oxygen atoms in total. The monoisotopic (exact) mass is 633 g/mol. The first-order valence-electron chi connectivity index (χ1n) is 14.8. The summed E-state index contributed by atoms with van der Waals surface area (Å²) in [5.41, 5.74) is 3.56. The Morgan fingerprint density at radius 1 is 1.05 bits per heavy atom. The molecule has 2 N–H and O–H groups in total. The van der Waals surface area contributed by atoms with Crippen molar-refractivity contribution in [3.05, 3.63) is 70.6 Å². The van der Waals surface area contributed by atoms with Crippen LogP contribution in [0.4, 0.5) is 16.3 Å². The molecular weight excluding hydrogens is 601 g/mol. The van der Waals surface area contributed by atoms with Gasteiger partial charge in [0.05, 0.1) is 27.1 Å². The van der Waals surface area contributed by atoms with Gasteiger partial charge in [0.1, 0.15) is 24.3 Å². The molecule has 3 amide bonds. The van der Waals surface area contributed by atoms with E-state index in [2.05, 4.69) is 35.2 Å². The molecule has 2 aromatic carbocycles. The van der Waals surface area contributed by atoms with Crippen molar-refractivity contribution in [3.8, 4) is 11.1 Å². The SMILES string of the molecule is CC1(C)c2ccccc2NC(=O)N1C1CCN(C(=O)Cn2cc(-c3cccc(Cl)c3Cl)c3c(N4CC(O)C4)ncnc32)CC1. The molecule has 2 aromatic heterocycles. The molecule has 12 heteroatoms. The standard InChI is InChI=1S/C32H33Cl2N7O3/c1-32(2)23-7-3-4-9-25(23)37-31(44)41(32)19-10-12-38(13-11-19)26(43)17-40-16-22(21-6-5-8-24(33)28(21)34)27-29(35-18-36-30(27)40)39-14-20(42)15-39/h3-9,16,18-20,42H,10-15,17H2,1-2H3,(H,37,44). The Kier molecular flexibility index (Phi) is 7.18. The third-order valence-corrected chi connectivity index (χ3v) is 9.99. The van der Waals surface area contributed by atoms with Gasteiger partial charge in [-0.25, -0.2) is 14.8 Å². The van der Waals surface area contributed by atoms with E-state index >= 15 is 0 Å². The minimum absolute atomic E-state index is 0.00793. The van der Waals surface area contributed by atoms with Gasteiger partial charge in [0, 0.05) is 60.8 Å². The second-order valence-corrected chi connectivity index (χ2v) is 13.0. The van der Waals surface area contributed by atoms with Gasteiger partial charge < -0.3 is 29.7 Å². The molecule has 3 aliphatic rings. The minimum atomic E-state index is -0.470. The van der Waals surface area contributed by atoms with Gasteiger partial charge in [0.15, 0.2) is 0 Å². The van der Waals surface area contributed by atoms with Crippen LogP contribution >= 0.6 is 23.2 Å². The molecular formula is C32H33Cl2N7O3. The first-order chi connectivity index (χ1) is 21.1. The third-order valence-electron chi connectivity index (χ3n) is 9.17. The molecule has 7 rings (SSSR count). The van der Waals surface area contributed by atoms with E-state index in [1.807, 2.05) is 55.8 Å². The normalized spacial score (nSPS) is 18.8. The summed E-state index contributed by atoms with van der Waals surface area (Å²) in [4.78, 5) is 41.9. The number of para-hydroxylation sites is 1. The second kappa shape index (κ2) is 10.9. The molecule has 2 saturated heterocycles. The Balaban J connectivity index is 1.13. The number of carbonyl (C=O) groups is 2. The molecule has 5 heterocycles. The average Bonchev–Trinajstić information content (AvgIpc) is 3.35. The summed E-state index contributed by atoms with van der Waals surface area (Å²) in [7, 11) is 0. The smallest absolute Gasteiger partial charge is 0.322 e. The van der Waals surface area contributed by atoms with Crippen molar-refractivity contribution in [1.29, 1.82) is 0 Å². The number of benzene rings is 2. The molecule has 0 saturated carbocycles. The Morgan fingerprint density at radius 3 is 2.55 bits per heavy atom. The maximum Gasteiger partial charge on any atom is 0.322 e. The van der Waals surface area contributed by atoms with E-state index in [0.29, 0.717) is 60.5 Å². The number of likely N-dealkylation sites (tertiary alicyclic amines) is 1. The number of urea groups is 1. The maximum atomic E-state index is 13.7. The number of aliphatic hydroxyl groups is 1. The zero-order valence-corrected chi connectivity index (χ0v) is 26.0. The van der Waals surface area contributed by atoms with E-state index in [1.54, 1.807) is 6.07 Å². The molecule has 0 unspecified atom stereocenters. The Hall–Kier alpha value is -3.86. The maximum absolute atomic E-state index is 13.7. The van der Waals surface area contributed by atoms with E-state index in [1.165, 1.54) is 6.33 Å². The summed E-state index contributed by atoms with van der Waals surface area (Å²) in [5, 5.41) is 14.6. The number of anilines is 2. The number of amides is 3. The Bertz CT molecular complexity index is 1780. The van der Waals surface area contributed by atoms with Crippen LogP contribution in [0.3, 0.4) is 0 Å².